The largest absolute Gasteiger partial charge is 0.469 e. The lowest BCUT2D eigenvalue weighted by atomic mass is 10.1. The molecule has 0 aromatic carbocycles. The second-order valence-corrected chi connectivity index (χ2v) is 5.44. The molecule has 1 aromatic rings. The van der Waals surface area contributed by atoms with Crippen molar-refractivity contribution < 1.29 is 28.7 Å². The predicted octanol–water partition coefficient (Wildman–Crippen LogP) is -1.64. The van der Waals surface area contributed by atoms with Crippen LogP contribution in [0.4, 0.5) is 0 Å². The number of aromatic amines is 2. The molecule has 0 radical (unpaired) electrons. The molecule has 0 amide bonds. The number of aliphatic hydroxyl groups is 1. The van der Waals surface area contributed by atoms with Crippen LogP contribution in [0.3, 0.4) is 0 Å². The van der Waals surface area contributed by atoms with Gasteiger partial charge in [0.25, 0.3) is 5.56 Å². The molecule has 1 aromatic heterocycles. The summed E-state index contributed by atoms with van der Waals surface area (Å²) in [5.74, 6) is 0. The van der Waals surface area contributed by atoms with Crippen LogP contribution in [-0.4, -0.2) is 43.7 Å². The monoisotopic (exact) mass is 308 g/mol. The van der Waals surface area contributed by atoms with Gasteiger partial charge in [-0.25, -0.2) is 9.36 Å². The summed E-state index contributed by atoms with van der Waals surface area (Å²) in [5, 5.41) is 9.11. The highest BCUT2D eigenvalue weighted by atomic mass is 31.2. The number of ether oxygens (including phenoxy) is 1. The number of H-pyrrole nitrogens is 2. The van der Waals surface area contributed by atoms with E-state index < -0.39 is 44.0 Å². The van der Waals surface area contributed by atoms with E-state index in [1.165, 1.54) is 0 Å². The van der Waals surface area contributed by atoms with Crippen LogP contribution in [0.5, 0.6) is 0 Å². The van der Waals surface area contributed by atoms with Crippen LogP contribution in [0, 0.1) is 0 Å². The summed E-state index contributed by atoms with van der Waals surface area (Å²) >= 11 is 0. The average Bonchev–Trinajstić information content (AvgIpc) is 2.69. The van der Waals surface area contributed by atoms with Crippen LogP contribution < -0.4 is 11.2 Å². The predicted molar refractivity (Wildman–Crippen MR) is 63.9 cm³/mol. The molecule has 2 heterocycles. The van der Waals surface area contributed by atoms with Crippen molar-refractivity contribution in [1.29, 1.82) is 0 Å². The molecule has 5 N–H and O–H groups in total. The fourth-order valence-corrected chi connectivity index (χ4v) is 2.60. The fraction of sp³-hybridized carbons (Fsp3) is 0.556. The first-order valence-corrected chi connectivity index (χ1v) is 7.15. The first-order valence-electron chi connectivity index (χ1n) is 5.62. The molecule has 3 atom stereocenters. The third-order valence-corrected chi connectivity index (χ3v) is 3.39. The number of aliphatic hydroxyl groups excluding tert-OH is 1. The maximum absolute atomic E-state index is 11.6. The van der Waals surface area contributed by atoms with Gasteiger partial charge in [0.2, 0.25) is 0 Å². The Hall–Kier alpha value is -1.29. The molecule has 20 heavy (non-hydrogen) atoms. The normalized spacial score (nSPS) is 26.9. The van der Waals surface area contributed by atoms with Gasteiger partial charge < -0.3 is 24.6 Å². The molecule has 0 saturated carbocycles. The second kappa shape index (κ2) is 5.60. The van der Waals surface area contributed by atoms with Crippen molar-refractivity contribution >= 4 is 7.82 Å². The van der Waals surface area contributed by atoms with Gasteiger partial charge in [-0.3, -0.25) is 14.3 Å². The molecule has 2 rings (SSSR count). The van der Waals surface area contributed by atoms with E-state index in [4.69, 9.17) is 19.6 Å². The topological polar surface area (TPSA) is 162 Å². The zero-order valence-electron chi connectivity index (χ0n) is 10.1. The summed E-state index contributed by atoms with van der Waals surface area (Å²) in [6, 6.07) is 0. The van der Waals surface area contributed by atoms with Gasteiger partial charge in [0.1, 0.15) is 12.2 Å². The summed E-state index contributed by atoms with van der Waals surface area (Å²) < 4.78 is 20.7. The Labute approximate surface area is 111 Å². The van der Waals surface area contributed by atoms with Crippen LogP contribution in [0.2, 0.25) is 0 Å². The molecule has 0 bridgehead atoms. The van der Waals surface area contributed by atoms with E-state index in [2.05, 4.69) is 9.51 Å². The molecular weight excluding hydrogens is 295 g/mol. The van der Waals surface area contributed by atoms with Crippen molar-refractivity contribution in [2.24, 2.45) is 0 Å². The van der Waals surface area contributed by atoms with Crippen molar-refractivity contribution in [1.82, 2.24) is 9.97 Å². The minimum absolute atomic E-state index is 0.0362. The minimum atomic E-state index is -4.74. The highest BCUT2D eigenvalue weighted by Gasteiger charge is 2.40. The number of hydrogen-bond acceptors (Lipinski definition) is 6. The Morgan fingerprint density at radius 3 is 2.70 bits per heavy atom. The molecule has 0 unspecified atom stereocenters. The van der Waals surface area contributed by atoms with Crippen molar-refractivity contribution in [2.45, 2.75) is 24.7 Å². The van der Waals surface area contributed by atoms with Gasteiger partial charge in [0, 0.05) is 12.6 Å². The molecular formula is C9H13N2O8P. The van der Waals surface area contributed by atoms with Crippen LogP contribution in [-0.2, 0) is 13.8 Å². The molecule has 1 saturated heterocycles. The molecule has 112 valence electrons. The summed E-state index contributed by atoms with van der Waals surface area (Å²) in [6.45, 7) is -0.525. The summed E-state index contributed by atoms with van der Waals surface area (Å²) in [4.78, 5) is 44.3. The zero-order chi connectivity index (χ0) is 14.9. The van der Waals surface area contributed by atoms with E-state index in [0.29, 0.717) is 0 Å². The van der Waals surface area contributed by atoms with Crippen LogP contribution in [0.15, 0.2) is 15.8 Å². The first kappa shape index (κ1) is 15.1. The first-order chi connectivity index (χ1) is 9.30. The number of phosphoric ester groups is 1. The molecule has 0 aliphatic carbocycles. The van der Waals surface area contributed by atoms with Gasteiger partial charge >= 0.3 is 13.5 Å². The molecule has 1 aliphatic heterocycles. The van der Waals surface area contributed by atoms with E-state index in [1.807, 2.05) is 4.98 Å². The fourth-order valence-electron chi connectivity index (χ4n) is 2.02. The van der Waals surface area contributed by atoms with E-state index >= 15 is 0 Å². The number of rotatable bonds is 4. The van der Waals surface area contributed by atoms with Gasteiger partial charge in [0.05, 0.1) is 18.3 Å². The lowest BCUT2D eigenvalue weighted by molar-refractivity contribution is -0.0225. The van der Waals surface area contributed by atoms with Crippen molar-refractivity contribution in [3.05, 3.63) is 32.6 Å². The number of phosphoric acid groups is 1. The Kier molecular flexibility index (Phi) is 4.23. The van der Waals surface area contributed by atoms with Gasteiger partial charge in [-0.2, -0.15) is 0 Å². The summed E-state index contributed by atoms with van der Waals surface area (Å²) in [5.41, 5.74) is -1.27. The molecule has 11 heteroatoms. The lowest BCUT2D eigenvalue weighted by Gasteiger charge is -2.16. The summed E-state index contributed by atoms with van der Waals surface area (Å²) in [7, 11) is -4.74. The molecule has 10 nitrogen and oxygen atoms in total. The van der Waals surface area contributed by atoms with E-state index in [1.54, 1.807) is 0 Å². The molecule has 1 fully saturated rings. The Morgan fingerprint density at radius 2 is 2.15 bits per heavy atom. The number of aromatic nitrogens is 2. The van der Waals surface area contributed by atoms with Crippen molar-refractivity contribution in [2.75, 3.05) is 6.61 Å². The van der Waals surface area contributed by atoms with E-state index in [-0.39, 0.29) is 12.0 Å². The highest BCUT2D eigenvalue weighted by Crippen LogP contribution is 2.44. The van der Waals surface area contributed by atoms with E-state index in [9.17, 15) is 14.2 Å². The smallest absolute Gasteiger partial charge is 0.394 e. The second-order valence-electron chi connectivity index (χ2n) is 4.24. The maximum atomic E-state index is 11.6. The SMILES string of the molecule is O=c1[nH]cc([C@H]2C[C@H](OP(=O)(O)O)[C@@H](CO)O2)c(=O)[nH]1. The van der Waals surface area contributed by atoms with Crippen molar-refractivity contribution in [3.63, 3.8) is 0 Å². The highest BCUT2D eigenvalue weighted by molar-refractivity contribution is 7.46. The Bertz CT molecular complexity index is 633. The van der Waals surface area contributed by atoms with E-state index in [0.717, 1.165) is 6.20 Å². The minimum Gasteiger partial charge on any atom is -0.394 e. The summed E-state index contributed by atoms with van der Waals surface area (Å²) in [6.07, 6.45) is -1.76. The van der Waals surface area contributed by atoms with Gasteiger partial charge in [0.15, 0.2) is 0 Å². The maximum Gasteiger partial charge on any atom is 0.469 e. The third kappa shape index (κ3) is 3.42. The van der Waals surface area contributed by atoms with Crippen molar-refractivity contribution in [3.8, 4) is 0 Å². The van der Waals surface area contributed by atoms with Gasteiger partial charge in [-0.05, 0) is 0 Å². The number of nitrogens with one attached hydrogen (secondary N) is 2. The standard InChI is InChI=1S/C9H13N2O8P/c12-3-7-6(19-20(15,16)17)1-5(18-7)4-2-10-9(14)11-8(4)13/h2,5-7,12H,1,3H2,(H2,15,16,17)(H2,10,11,13,14)/t5-,6+,7-/m1/s1. The Morgan fingerprint density at radius 1 is 1.45 bits per heavy atom. The lowest BCUT2D eigenvalue weighted by Crippen LogP contribution is -2.27. The Balaban J connectivity index is 2.22. The van der Waals surface area contributed by atoms with Crippen LogP contribution in [0.1, 0.15) is 18.1 Å². The van der Waals surface area contributed by atoms with Gasteiger partial charge in [-0.15, -0.1) is 0 Å². The number of hydrogen-bond donors (Lipinski definition) is 5. The quantitative estimate of drug-likeness (QED) is 0.414. The van der Waals surface area contributed by atoms with Crippen LogP contribution in [0.25, 0.3) is 0 Å². The zero-order valence-corrected chi connectivity index (χ0v) is 10.9. The molecule has 1 aliphatic rings. The average molecular weight is 308 g/mol. The third-order valence-electron chi connectivity index (χ3n) is 2.85. The van der Waals surface area contributed by atoms with Gasteiger partial charge in [-0.1, -0.05) is 0 Å². The molecule has 0 spiro atoms. The van der Waals surface area contributed by atoms with Crippen LogP contribution >= 0.6 is 7.82 Å².